The third kappa shape index (κ3) is 8.64. The van der Waals surface area contributed by atoms with Crippen molar-refractivity contribution in [3.05, 3.63) is 24.3 Å². The van der Waals surface area contributed by atoms with Crippen LogP contribution in [0.3, 0.4) is 0 Å². The van der Waals surface area contributed by atoms with Crippen molar-refractivity contribution in [1.29, 1.82) is 0 Å². The molecule has 0 saturated carbocycles. The van der Waals surface area contributed by atoms with Crippen LogP contribution >= 0.6 is 12.4 Å². The largest absolute Gasteiger partial charge is 0.369 e. The molecule has 0 heterocycles. The lowest BCUT2D eigenvalue weighted by Gasteiger charge is -2.15. The third-order valence-corrected chi connectivity index (χ3v) is 4.74. The van der Waals surface area contributed by atoms with E-state index in [-0.39, 0.29) is 36.3 Å². The number of anilines is 1. The summed E-state index contributed by atoms with van der Waals surface area (Å²) in [4.78, 5) is 12.2. The third-order valence-electron chi connectivity index (χ3n) is 3.28. The van der Waals surface area contributed by atoms with E-state index >= 15 is 0 Å². The number of hydrogen-bond acceptors (Lipinski definition) is 5. The molecule has 9 heteroatoms. The highest BCUT2D eigenvalue weighted by molar-refractivity contribution is 7.89. The van der Waals surface area contributed by atoms with Gasteiger partial charge in [0.15, 0.2) is 0 Å². The van der Waals surface area contributed by atoms with E-state index in [4.69, 9.17) is 10.5 Å². The van der Waals surface area contributed by atoms with Crippen LogP contribution in [0.25, 0.3) is 0 Å². The van der Waals surface area contributed by atoms with Crippen LogP contribution in [0, 0.1) is 5.92 Å². The monoisotopic (exact) mass is 393 g/mol. The molecule has 1 rings (SSSR count). The van der Waals surface area contributed by atoms with Crippen LogP contribution in [0.15, 0.2) is 29.2 Å². The number of ether oxygens (including phenoxy) is 1. The van der Waals surface area contributed by atoms with E-state index in [1.165, 1.54) is 12.1 Å². The van der Waals surface area contributed by atoms with Gasteiger partial charge in [-0.05, 0) is 37.5 Å². The van der Waals surface area contributed by atoms with Crippen molar-refractivity contribution >= 4 is 34.0 Å². The van der Waals surface area contributed by atoms with Crippen molar-refractivity contribution in [2.45, 2.75) is 38.2 Å². The van der Waals surface area contributed by atoms with Gasteiger partial charge in [-0.15, -0.1) is 12.4 Å². The molecule has 25 heavy (non-hydrogen) atoms. The summed E-state index contributed by atoms with van der Waals surface area (Å²) < 4.78 is 32.0. The van der Waals surface area contributed by atoms with Gasteiger partial charge >= 0.3 is 0 Å². The summed E-state index contributed by atoms with van der Waals surface area (Å²) in [7, 11) is -3.64. The molecule has 1 amide bonds. The van der Waals surface area contributed by atoms with Crippen LogP contribution in [0.4, 0.5) is 5.69 Å². The van der Waals surface area contributed by atoms with Gasteiger partial charge in [-0.25, -0.2) is 13.1 Å². The first-order valence-corrected chi connectivity index (χ1v) is 9.47. The molecule has 0 aliphatic rings. The molecule has 0 aliphatic carbocycles. The van der Waals surface area contributed by atoms with Gasteiger partial charge in [0.25, 0.3) is 5.91 Å². The zero-order chi connectivity index (χ0) is 18.2. The molecular formula is C16H28ClN3O4S. The van der Waals surface area contributed by atoms with Gasteiger partial charge in [0.05, 0.1) is 4.90 Å². The van der Waals surface area contributed by atoms with Crippen LogP contribution in [-0.4, -0.2) is 40.1 Å². The molecule has 0 saturated heterocycles. The molecule has 0 fully saturated rings. The standard InChI is InChI=1S/C16H27N3O4S.ClH/c1-12(2)7-10-23-13(3)16(20)19-14-5-4-6-15(11-14)24(21,22)18-9-8-17;/h4-6,11-13,18H,7-10,17H2,1-3H3,(H,19,20);1H. The van der Waals surface area contributed by atoms with E-state index in [9.17, 15) is 13.2 Å². The van der Waals surface area contributed by atoms with E-state index in [0.717, 1.165) is 6.42 Å². The molecule has 1 unspecified atom stereocenters. The number of carbonyl (C=O) groups is 1. The topological polar surface area (TPSA) is 111 Å². The van der Waals surface area contributed by atoms with Crippen LogP contribution < -0.4 is 15.8 Å². The normalized spacial score (nSPS) is 12.5. The minimum absolute atomic E-state index is 0. The molecule has 0 aliphatic heterocycles. The number of carbonyl (C=O) groups excluding carboxylic acids is 1. The Bertz CT molecular complexity index is 638. The second kappa shape index (κ2) is 11.4. The van der Waals surface area contributed by atoms with Crippen molar-refractivity contribution < 1.29 is 17.9 Å². The van der Waals surface area contributed by atoms with Crippen molar-refractivity contribution in [2.24, 2.45) is 11.7 Å². The maximum absolute atomic E-state index is 12.1. The summed E-state index contributed by atoms with van der Waals surface area (Å²) in [6, 6.07) is 6.05. The zero-order valence-corrected chi connectivity index (χ0v) is 16.5. The minimum atomic E-state index is -3.64. The molecule has 1 aromatic rings. The molecule has 7 nitrogen and oxygen atoms in total. The summed E-state index contributed by atoms with van der Waals surface area (Å²) in [5.74, 6) is 0.186. The molecule has 4 N–H and O–H groups in total. The lowest BCUT2D eigenvalue weighted by atomic mass is 10.1. The van der Waals surface area contributed by atoms with Gasteiger partial charge in [-0.1, -0.05) is 19.9 Å². The average molecular weight is 394 g/mol. The summed E-state index contributed by atoms with van der Waals surface area (Å²) in [6.45, 7) is 6.70. The van der Waals surface area contributed by atoms with E-state index in [2.05, 4.69) is 23.9 Å². The van der Waals surface area contributed by atoms with E-state index in [1.54, 1.807) is 19.1 Å². The predicted octanol–water partition coefficient (Wildman–Crippen LogP) is 1.74. The van der Waals surface area contributed by atoms with Crippen LogP contribution in [0.1, 0.15) is 27.2 Å². The maximum atomic E-state index is 12.1. The maximum Gasteiger partial charge on any atom is 0.253 e. The van der Waals surface area contributed by atoms with Gasteiger partial charge in [-0.3, -0.25) is 4.79 Å². The van der Waals surface area contributed by atoms with Gasteiger partial charge in [0, 0.05) is 25.4 Å². The van der Waals surface area contributed by atoms with E-state index in [0.29, 0.717) is 18.2 Å². The summed E-state index contributed by atoms with van der Waals surface area (Å²) in [5.41, 5.74) is 5.70. The van der Waals surface area contributed by atoms with Gasteiger partial charge in [-0.2, -0.15) is 0 Å². The number of nitrogens with one attached hydrogen (secondary N) is 2. The van der Waals surface area contributed by atoms with Crippen molar-refractivity contribution in [2.75, 3.05) is 25.0 Å². The molecule has 1 atom stereocenters. The first-order valence-electron chi connectivity index (χ1n) is 7.98. The van der Waals surface area contributed by atoms with E-state index < -0.39 is 16.1 Å². The quantitative estimate of drug-likeness (QED) is 0.560. The van der Waals surface area contributed by atoms with Gasteiger partial charge < -0.3 is 15.8 Å². The van der Waals surface area contributed by atoms with Crippen molar-refractivity contribution in [3.8, 4) is 0 Å². The lowest BCUT2D eigenvalue weighted by molar-refractivity contribution is -0.126. The molecule has 1 aromatic carbocycles. The lowest BCUT2D eigenvalue weighted by Crippen LogP contribution is -2.30. The Morgan fingerprint density at radius 3 is 2.56 bits per heavy atom. The second-order valence-electron chi connectivity index (χ2n) is 5.90. The second-order valence-corrected chi connectivity index (χ2v) is 7.67. The Balaban J connectivity index is 0.00000576. The highest BCUT2D eigenvalue weighted by Gasteiger charge is 2.16. The first kappa shape index (κ1) is 23.8. The Kier molecular flexibility index (Phi) is 10.9. The average Bonchev–Trinajstić information content (AvgIpc) is 2.52. The Hall–Kier alpha value is -1.19. The fourth-order valence-corrected chi connectivity index (χ4v) is 2.91. The Morgan fingerprint density at radius 1 is 1.28 bits per heavy atom. The number of rotatable bonds is 10. The fourth-order valence-electron chi connectivity index (χ4n) is 1.82. The Morgan fingerprint density at radius 2 is 1.96 bits per heavy atom. The van der Waals surface area contributed by atoms with Crippen LogP contribution in [0.5, 0.6) is 0 Å². The van der Waals surface area contributed by atoms with Gasteiger partial charge in [0.2, 0.25) is 10.0 Å². The van der Waals surface area contributed by atoms with E-state index in [1.807, 2.05) is 0 Å². The number of sulfonamides is 1. The van der Waals surface area contributed by atoms with Gasteiger partial charge in [0.1, 0.15) is 6.10 Å². The smallest absolute Gasteiger partial charge is 0.253 e. The van der Waals surface area contributed by atoms with Crippen molar-refractivity contribution in [3.63, 3.8) is 0 Å². The fraction of sp³-hybridized carbons (Fsp3) is 0.562. The molecular weight excluding hydrogens is 366 g/mol. The molecule has 0 bridgehead atoms. The molecule has 0 spiro atoms. The summed E-state index contributed by atoms with van der Waals surface area (Å²) >= 11 is 0. The molecule has 0 radical (unpaired) electrons. The SMILES string of the molecule is CC(C)CCOC(C)C(=O)Nc1cccc(S(=O)(=O)NCCN)c1.Cl. The number of amides is 1. The Labute approximate surface area is 156 Å². The number of hydrogen-bond donors (Lipinski definition) is 3. The zero-order valence-electron chi connectivity index (χ0n) is 14.8. The van der Waals surface area contributed by atoms with Crippen LogP contribution in [0.2, 0.25) is 0 Å². The number of benzene rings is 1. The molecule has 144 valence electrons. The summed E-state index contributed by atoms with van der Waals surface area (Å²) in [6.07, 6.45) is 0.261. The molecule has 0 aromatic heterocycles. The highest BCUT2D eigenvalue weighted by atomic mass is 35.5. The first-order chi connectivity index (χ1) is 11.3. The number of nitrogens with two attached hydrogens (primary N) is 1. The minimum Gasteiger partial charge on any atom is -0.369 e. The van der Waals surface area contributed by atoms with Crippen LogP contribution in [-0.2, 0) is 19.6 Å². The summed E-state index contributed by atoms with van der Waals surface area (Å²) in [5, 5.41) is 2.67. The predicted molar refractivity (Wildman–Crippen MR) is 101 cm³/mol. The number of halogens is 1. The highest BCUT2D eigenvalue weighted by Crippen LogP contribution is 2.16. The van der Waals surface area contributed by atoms with Crippen molar-refractivity contribution in [1.82, 2.24) is 4.72 Å².